The van der Waals surface area contributed by atoms with Gasteiger partial charge in [-0.1, -0.05) is 255 Å². The minimum atomic E-state index is 0.579. The Balaban J connectivity index is 0.824. The molecule has 2 aliphatic carbocycles. The van der Waals surface area contributed by atoms with Gasteiger partial charge in [0.15, 0.2) is 0 Å². The summed E-state index contributed by atoms with van der Waals surface area (Å²) in [6.45, 7) is 8.74. The Hall–Kier alpha value is -10.0. The van der Waals surface area contributed by atoms with Gasteiger partial charge in [0.25, 0.3) is 0 Å². The Morgan fingerprint density at radius 3 is 0.880 bits per heavy atom. The van der Waals surface area contributed by atoms with Crippen molar-refractivity contribution in [2.24, 2.45) is 11.8 Å². The minimum absolute atomic E-state index is 0.579. The number of fused-ring (bicyclic) bond motifs is 6. The lowest BCUT2D eigenvalue weighted by Gasteiger charge is -2.29. The van der Waals surface area contributed by atoms with Gasteiger partial charge >= 0.3 is 0 Å². The molecule has 2 aliphatic rings. The normalized spacial score (nSPS) is 14.8. The van der Waals surface area contributed by atoms with E-state index in [0.29, 0.717) is 11.8 Å². The summed E-state index contributed by atoms with van der Waals surface area (Å²) in [5.74, 6) is 1.16. The third kappa shape index (κ3) is 9.60. The third-order valence-corrected chi connectivity index (χ3v) is 21.2. The monoisotopic (exact) mass is 1180 g/mol. The molecule has 0 aromatic heterocycles. The lowest BCUT2D eigenvalue weighted by molar-refractivity contribution is 0.430. The summed E-state index contributed by atoms with van der Waals surface area (Å²) in [6.07, 6.45) is 17.9. The van der Waals surface area contributed by atoms with Crippen molar-refractivity contribution in [1.82, 2.24) is 0 Å². The van der Waals surface area contributed by atoms with Crippen LogP contribution in [0, 0.1) is 39.5 Å². The molecule has 15 aromatic carbocycles. The van der Waals surface area contributed by atoms with E-state index in [4.69, 9.17) is 0 Å². The maximum absolute atomic E-state index is 2.49. The van der Waals surface area contributed by atoms with Crippen molar-refractivity contribution in [3.8, 4) is 0 Å². The highest BCUT2D eigenvalue weighted by Gasteiger charge is 2.27. The molecule has 2 fully saturated rings. The van der Waals surface area contributed by atoms with E-state index in [9.17, 15) is 0 Å². The molecule has 0 spiro atoms. The molecular formula is C90H76N2. The number of anilines is 6. The molecule has 2 heteroatoms. The van der Waals surface area contributed by atoms with E-state index in [-0.39, 0.29) is 0 Å². The van der Waals surface area contributed by atoms with E-state index in [2.05, 4.69) is 292 Å². The van der Waals surface area contributed by atoms with Crippen molar-refractivity contribution in [2.75, 3.05) is 9.80 Å². The fraction of sp³-hybridized carbons (Fsp3) is 0.178. The van der Waals surface area contributed by atoms with Gasteiger partial charge in [0, 0.05) is 33.5 Å². The van der Waals surface area contributed by atoms with Gasteiger partial charge in [-0.25, -0.2) is 0 Å². The molecule has 0 N–H and O–H groups in total. The Kier molecular flexibility index (Phi) is 14.0. The van der Waals surface area contributed by atoms with E-state index < -0.39 is 0 Å². The number of hydrogen-bond acceptors (Lipinski definition) is 2. The molecule has 2 saturated carbocycles. The van der Waals surface area contributed by atoms with Crippen LogP contribution >= 0.6 is 0 Å². The largest absolute Gasteiger partial charge is 0.310 e. The average molecular weight is 1190 g/mol. The van der Waals surface area contributed by atoms with Crippen LogP contribution in [0.3, 0.4) is 0 Å². The number of hydrogen-bond donors (Lipinski definition) is 0. The van der Waals surface area contributed by atoms with Gasteiger partial charge in [-0.2, -0.15) is 0 Å². The van der Waals surface area contributed by atoms with E-state index in [1.165, 1.54) is 217 Å². The van der Waals surface area contributed by atoms with Crippen LogP contribution in [0.4, 0.5) is 34.1 Å². The number of aryl methyl sites for hydroxylation is 4. The Labute approximate surface area is 541 Å². The summed E-state index contributed by atoms with van der Waals surface area (Å²) in [6, 6.07) is 93.3. The average Bonchev–Trinajstić information content (AvgIpc) is 0.684. The van der Waals surface area contributed by atoms with Gasteiger partial charge in [-0.05, 0) is 235 Å². The van der Waals surface area contributed by atoms with Crippen LogP contribution in [-0.4, -0.2) is 0 Å². The molecule has 0 heterocycles. The second kappa shape index (κ2) is 23.0. The molecule has 15 aromatic rings. The standard InChI is InChI=1S/C90H76N2/c1-57-27-39-65(40-28-57)81(63-15-7-5-8-16-63)55-61-35-47-69(48-36-61)91(67-43-31-59(3)32-44-67)83-53-51-79-85-71(19-11-23-75(83)85)73-21-13-26-78-87(73)89(79)77-25-14-22-74-72-20-12-24-76-84(54-52-80(86(72)76)90(78)88(74)77)92(68-45-33-60(4)34-46-68)70-49-37-62(38-50-70)56-82(64-17-9-6-10-18-64)66-41-29-58(2)30-42-66/h11-14,19-56,63-64H,5-10,15-18H2,1-4H3/b81-55+,82-56+. The van der Waals surface area contributed by atoms with E-state index >= 15 is 0 Å². The molecule has 446 valence electrons. The van der Waals surface area contributed by atoms with Crippen LogP contribution in [-0.2, 0) is 0 Å². The summed E-state index contributed by atoms with van der Waals surface area (Å²) in [7, 11) is 0. The lowest BCUT2D eigenvalue weighted by atomic mass is 9.80. The topological polar surface area (TPSA) is 6.48 Å². The van der Waals surface area contributed by atoms with Crippen LogP contribution in [0.2, 0.25) is 0 Å². The van der Waals surface area contributed by atoms with Crippen LogP contribution in [0.25, 0.3) is 109 Å². The second-order valence-electron chi connectivity index (χ2n) is 27.1. The summed E-state index contributed by atoms with van der Waals surface area (Å²) < 4.78 is 0. The maximum Gasteiger partial charge on any atom is 0.0540 e. The van der Waals surface area contributed by atoms with E-state index in [0.717, 1.165) is 22.7 Å². The van der Waals surface area contributed by atoms with Crippen molar-refractivity contribution in [1.29, 1.82) is 0 Å². The fourth-order valence-corrected chi connectivity index (χ4v) is 16.6. The predicted molar refractivity (Wildman–Crippen MR) is 399 cm³/mol. The molecule has 0 atom stereocenters. The van der Waals surface area contributed by atoms with Gasteiger partial charge < -0.3 is 9.80 Å². The number of allylic oxidation sites excluding steroid dienone is 2. The molecule has 0 radical (unpaired) electrons. The summed E-state index contributed by atoms with van der Waals surface area (Å²) in [5.41, 5.74) is 20.2. The Bertz CT molecular complexity index is 4990. The second-order valence-corrected chi connectivity index (χ2v) is 27.1. The van der Waals surface area contributed by atoms with Crippen molar-refractivity contribution < 1.29 is 0 Å². The molecule has 0 saturated heterocycles. The molecule has 0 bridgehead atoms. The molecule has 0 unspecified atom stereocenters. The Morgan fingerprint density at radius 1 is 0.261 bits per heavy atom. The zero-order valence-electron chi connectivity index (χ0n) is 53.4. The quantitative estimate of drug-likeness (QED) is 0.0683. The van der Waals surface area contributed by atoms with Gasteiger partial charge in [-0.3, -0.25) is 0 Å². The summed E-state index contributed by atoms with van der Waals surface area (Å²) in [5, 5.41) is 20.7. The van der Waals surface area contributed by atoms with Crippen LogP contribution in [0.5, 0.6) is 0 Å². The third-order valence-electron chi connectivity index (χ3n) is 21.2. The fourth-order valence-electron chi connectivity index (χ4n) is 16.6. The van der Waals surface area contributed by atoms with Gasteiger partial charge in [0.1, 0.15) is 0 Å². The smallest absolute Gasteiger partial charge is 0.0540 e. The van der Waals surface area contributed by atoms with Gasteiger partial charge in [0.2, 0.25) is 0 Å². The summed E-state index contributed by atoms with van der Waals surface area (Å²) >= 11 is 0. The molecular weight excluding hydrogens is 1110 g/mol. The maximum atomic E-state index is 2.49. The number of benzene rings is 15. The zero-order valence-corrected chi connectivity index (χ0v) is 53.4. The zero-order chi connectivity index (χ0) is 61.6. The van der Waals surface area contributed by atoms with Crippen LogP contribution in [0.15, 0.2) is 243 Å². The predicted octanol–water partition coefficient (Wildman–Crippen LogP) is 26.2. The van der Waals surface area contributed by atoms with E-state index in [1.807, 2.05) is 0 Å². The Morgan fingerprint density at radius 2 is 0.533 bits per heavy atom. The molecule has 2 nitrogen and oxygen atoms in total. The first kappa shape index (κ1) is 56.0. The van der Waals surface area contributed by atoms with Crippen molar-refractivity contribution in [3.63, 3.8) is 0 Å². The highest BCUT2D eigenvalue weighted by atomic mass is 15.1. The van der Waals surface area contributed by atoms with Gasteiger partial charge in [0.05, 0.1) is 11.4 Å². The van der Waals surface area contributed by atoms with Crippen molar-refractivity contribution in [2.45, 2.75) is 91.9 Å². The first-order valence-corrected chi connectivity index (χ1v) is 33.9. The first-order valence-electron chi connectivity index (χ1n) is 33.9. The molecule has 17 rings (SSSR count). The SMILES string of the molecule is Cc1ccc(/C(=C/c2ccc(N(c3ccc(C)cc3)c3ccc4c5c3cccc5c3cccc5c3c4c3cccc4c6cccc7c(N(c8ccc(C)cc8)c8ccc(/C=C(/c9ccc(C)cc9)C9CCCCC9)cc8)ccc(c76)c5c43)cc2)C2CCCCC2)cc1. The first-order chi connectivity index (χ1) is 45.3. The van der Waals surface area contributed by atoms with E-state index in [1.54, 1.807) is 0 Å². The van der Waals surface area contributed by atoms with Crippen molar-refractivity contribution in [3.05, 3.63) is 287 Å². The van der Waals surface area contributed by atoms with Crippen molar-refractivity contribution >= 4 is 144 Å². The molecule has 92 heavy (non-hydrogen) atoms. The minimum Gasteiger partial charge on any atom is -0.310 e. The summed E-state index contributed by atoms with van der Waals surface area (Å²) in [4.78, 5) is 4.98. The molecule has 0 amide bonds. The molecule has 0 aliphatic heterocycles. The lowest BCUT2D eigenvalue weighted by Crippen LogP contribution is -2.11. The van der Waals surface area contributed by atoms with Crippen LogP contribution < -0.4 is 9.80 Å². The number of rotatable bonds is 12. The number of nitrogens with zero attached hydrogens (tertiary/aromatic N) is 2. The highest BCUT2D eigenvalue weighted by Crippen LogP contribution is 2.54. The highest BCUT2D eigenvalue weighted by molar-refractivity contribution is 6.48. The van der Waals surface area contributed by atoms with Crippen LogP contribution in [0.1, 0.15) is 109 Å². The van der Waals surface area contributed by atoms with Gasteiger partial charge in [-0.15, -0.1) is 0 Å².